The van der Waals surface area contributed by atoms with Crippen LogP contribution in [-0.2, 0) is 0 Å². The molecule has 0 bridgehead atoms. The molecule has 152 valence electrons. The molecule has 0 N–H and O–H groups in total. The molecular formula is C27H18N4O. The zero-order valence-corrected chi connectivity index (χ0v) is 17.1. The Bertz CT molecular complexity index is 1540. The zero-order valence-electron chi connectivity index (χ0n) is 17.1. The van der Waals surface area contributed by atoms with E-state index in [-0.39, 0.29) is 0 Å². The molecule has 0 atom stereocenters. The second kappa shape index (κ2) is 7.63. The number of pyridine rings is 3. The van der Waals surface area contributed by atoms with Crippen molar-refractivity contribution in [3.63, 3.8) is 0 Å². The maximum Gasteiger partial charge on any atom is 0.219 e. The first-order chi connectivity index (χ1) is 15.9. The molecule has 6 rings (SSSR count). The summed E-state index contributed by atoms with van der Waals surface area (Å²) in [6, 6.07) is 28.4. The first-order valence-corrected chi connectivity index (χ1v) is 10.4. The number of rotatable bonds is 4. The van der Waals surface area contributed by atoms with E-state index in [1.165, 1.54) is 10.8 Å². The Labute approximate surface area is 184 Å². The van der Waals surface area contributed by atoms with E-state index in [2.05, 4.69) is 62.0 Å². The fourth-order valence-corrected chi connectivity index (χ4v) is 4.04. The highest BCUT2D eigenvalue weighted by Crippen LogP contribution is 2.34. The molecule has 5 heteroatoms. The van der Waals surface area contributed by atoms with E-state index in [4.69, 9.17) is 4.74 Å². The summed E-state index contributed by atoms with van der Waals surface area (Å²) in [7, 11) is 0. The highest BCUT2D eigenvalue weighted by Gasteiger charge is 2.14. The van der Waals surface area contributed by atoms with Crippen LogP contribution in [0.3, 0.4) is 0 Å². The number of fused-ring (bicyclic) bond motifs is 3. The molecule has 0 aliphatic rings. The van der Waals surface area contributed by atoms with Crippen molar-refractivity contribution in [3.8, 4) is 28.6 Å². The molecule has 0 saturated carbocycles. The number of hydrogen-bond acceptors (Lipinski definition) is 4. The minimum absolute atomic E-state index is 0.539. The number of hydrogen-bond donors (Lipinski definition) is 0. The molecule has 0 saturated heterocycles. The van der Waals surface area contributed by atoms with Gasteiger partial charge >= 0.3 is 0 Å². The SMILES string of the molecule is c1ccc(Oc2cncc(-c3ccc4c5ccccc5n(-c5ccccn5)c4c3)c2)nc1. The van der Waals surface area contributed by atoms with Crippen molar-refractivity contribution >= 4 is 21.8 Å². The van der Waals surface area contributed by atoms with Gasteiger partial charge in [0.15, 0.2) is 0 Å². The standard InChI is InChI=1S/C27H18N4O/c1-2-8-24-22(7-1)23-12-11-19(16-25(23)31(24)26-9-3-5-13-29-26)20-15-21(18-28-17-20)32-27-10-4-6-14-30-27/h1-18H. The van der Waals surface area contributed by atoms with Crippen molar-refractivity contribution in [3.05, 3.63) is 110 Å². The largest absolute Gasteiger partial charge is 0.437 e. The average molecular weight is 414 g/mol. The van der Waals surface area contributed by atoms with Crippen molar-refractivity contribution in [2.75, 3.05) is 0 Å². The van der Waals surface area contributed by atoms with E-state index in [1.54, 1.807) is 12.4 Å². The molecule has 6 aromatic rings. The summed E-state index contributed by atoms with van der Waals surface area (Å²) in [5.74, 6) is 2.07. The zero-order chi connectivity index (χ0) is 21.3. The van der Waals surface area contributed by atoms with Gasteiger partial charge in [0.05, 0.1) is 17.2 Å². The molecule has 32 heavy (non-hydrogen) atoms. The Balaban J connectivity index is 1.50. The third-order valence-corrected chi connectivity index (χ3v) is 5.46. The lowest BCUT2D eigenvalue weighted by atomic mass is 10.0. The molecule has 0 amide bonds. The van der Waals surface area contributed by atoms with Crippen LogP contribution in [0.5, 0.6) is 11.6 Å². The number of para-hydroxylation sites is 1. The predicted octanol–water partition coefficient (Wildman–Crippen LogP) is 6.43. The van der Waals surface area contributed by atoms with Gasteiger partial charge in [-0.05, 0) is 42.0 Å². The molecule has 0 spiro atoms. The summed E-state index contributed by atoms with van der Waals surface area (Å²) in [6.07, 6.45) is 7.07. The molecule has 4 aromatic heterocycles. The van der Waals surface area contributed by atoms with Gasteiger partial charge in [0.2, 0.25) is 5.88 Å². The molecule has 0 unspecified atom stereocenters. The van der Waals surface area contributed by atoms with Gasteiger partial charge < -0.3 is 4.74 Å². The van der Waals surface area contributed by atoms with Gasteiger partial charge in [-0.15, -0.1) is 0 Å². The van der Waals surface area contributed by atoms with Crippen molar-refractivity contribution in [1.82, 2.24) is 19.5 Å². The lowest BCUT2D eigenvalue weighted by molar-refractivity contribution is 0.461. The van der Waals surface area contributed by atoms with Gasteiger partial charge in [-0.3, -0.25) is 9.55 Å². The van der Waals surface area contributed by atoms with E-state index in [0.29, 0.717) is 11.6 Å². The molecule has 0 aliphatic heterocycles. The van der Waals surface area contributed by atoms with Crippen LogP contribution in [0.2, 0.25) is 0 Å². The fourth-order valence-electron chi connectivity index (χ4n) is 4.04. The average Bonchev–Trinajstić information content (AvgIpc) is 3.19. The monoisotopic (exact) mass is 414 g/mol. The Kier molecular flexibility index (Phi) is 4.36. The van der Waals surface area contributed by atoms with E-state index in [9.17, 15) is 0 Å². The third-order valence-electron chi connectivity index (χ3n) is 5.46. The number of aromatic nitrogens is 4. The number of ether oxygens (including phenoxy) is 1. The normalized spacial score (nSPS) is 11.1. The first-order valence-electron chi connectivity index (χ1n) is 10.4. The maximum absolute atomic E-state index is 5.88. The first kappa shape index (κ1) is 18.3. The quantitative estimate of drug-likeness (QED) is 0.334. The summed E-state index contributed by atoms with van der Waals surface area (Å²) in [5.41, 5.74) is 4.25. The van der Waals surface area contributed by atoms with Crippen molar-refractivity contribution in [2.45, 2.75) is 0 Å². The minimum Gasteiger partial charge on any atom is -0.437 e. The van der Waals surface area contributed by atoms with E-state index < -0.39 is 0 Å². The molecular weight excluding hydrogens is 396 g/mol. The minimum atomic E-state index is 0.539. The summed E-state index contributed by atoms with van der Waals surface area (Å²) >= 11 is 0. The summed E-state index contributed by atoms with van der Waals surface area (Å²) in [5, 5.41) is 2.38. The molecule has 0 aliphatic carbocycles. The van der Waals surface area contributed by atoms with Crippen LogP contribution in [0, 0.1) is 0 Å². The van der Waals surface area contributed by atoms with Crippen LogP contribution in [-0.4, -0.2) is 19.5 Å². The topological polar surface area (TPSA) is 52.8 Å². The van der Waals surface area contributed by atoms with Gasteiger partial charge in [-0.2, -0.15) is 0 Å². The summed E-state index contributed by atoms with van der Waals surface area (Å²) in [4.78, 5) is 13.2. The highest BCUT2D eigenvalue weighted by atomic mass is 16.5. The van der Waals surface area contributed by atoms with Gasteiger partial charge in [0.25, 0.3) is 0 Å². The number of nitrogens with zero attached hydrogens (tertiary/aromatic N) is 4. The van der Waals surface area contributed by atoms with Crippen LogP contribution >= 0.6 is 0 Å². The van der Waals surface area contributed by atoms with Crippen LogP contribution in [0.15, 0.2) is 110 Å². The van der Waals surface area contributed by atoms with Crippen molar-refractivity contribution < 1.29 is 4.74 Å². The second-order valence-corrected chi connectivity index (χ2v) is 7.45. The van der Waals surface area contributed by atoms with Gasteiger partial charge in [0.1, 0.15) is 11.6 Å². The summed E-state index contributed by atoms with van der Waals surface area (Å²) in [6.45, 7) is 0. The van der Waals surface area contributed by atoms with Crippen molar-refractivity contribution in [1.29, 1.82) is 0 Å². The molecule has 4 heterocycles. The predicted molar refractivity (Wildman–Crippen MR) is 126 cm³/mol. The fraction of sp³-hybridized carbons (Fsp3) is 0. The van der Waals surface area contributed by atoms with Gasteiger partial charge in [-0.1, -0.05) is 42.5 Å². The Morgan fingerprint density at radius 3 is 2.28 bits per heavy atom. The van der Waals surface area contributed by atoms with E-state index in [1.807, 2.05) is 54.9 Å². The van der Waals surface area contributed by atoms with Crippen molar-refractivity contribution in [2.24, 2.45) is 0 Å². The molecule has 5 nitrogen and oxygen atoms in total. The lowest BCUT2D eigenvalue weighted by Crippen LogP contribution is -1.96. The number of benzene rings is 2. The highest BCUT2D eigenvalue weighted by molar-refractivity contribution is 6.10. The smallest absolute Gasteiger partial charge is 0.219 e. The van der Waals surface area contributed by atoms with Crippen LogP contribution < -0.4 is 4.74 Å². The van der Waals surface area contributed by atoms with E-state index in [0.717, 1.165) is 28.0 Å². The van der Waals surface area contributed by atoms with Crippen LogP contribution in [0.4, 0.5) is 0 Å². The maximum atomic E-state index is 5.88. The van der Waals surface area contributed by atoms with Crippen LogP contribution in [0.1, 0.15) is 0 Å². The van der Waals surface area contributed by atoms with Gasteiger partial charge in [0, 0.05) is 41.0 Å². The Hall–Kier alpha value is -4.51. The Morgan fingerprint density at radius 2 is 1.44 bits per heavy atom. The second-order valence-electron chi connectivity index (χ2n) is 7.45. The summed E-state index contributed by atoms with van der Waals surface area (Å²) < 4.78 is 8.08. The molecule has 0 fully saturated rings. The Morgan fingerprint density at radius 1 is 0.625 bits per heavy atom. The molecule has 0 radical (unpaired) electrons. The van der Waals surface area contributed by atoms with Crippen LogP contribution in [0.25, 0.3) is 38.8 Å². The van der Waals surface area contributed by atoms with E-state index >= 15 is 0 Å². The third kappa shape index (κ3) is 3.17. The van der Waals surface area contributed by atoms with Gasteiger partial charge in [-0.25, -0.2) is 9.97 Å². The molecule has 2 aromatic carbocycles. The lowest BCUT2D eigenvalue weighted by Gasteiger charge is -2.09.